The first kappa shape index (κ1) is 12.2. The first-order valence-corrected chi connectivity index (χ1v) is 6.12. The second-order valence-electron chi connectivity index (χ2n) is 4.29. The molecule has 0 atom stereocenters. The van der Waals surface area contributed by atoms with E-state index in [0.29, 0.717) is 11.6 Å². The summed E-state index contributed by atoms with van der Waals surface area (Å²) in [7, 11) is 0. The Bertz CT molecular complexity index is 750. The van der Waals surface area contributed by atoms with E-state index in [0.717, 1.165) is 16.5 Å². The lowest BCUT2D eigenvalue weighted by atomic mass is 10.1. The van der Waals surface area contributed by atoms with Gasteiger partial charge in [0.15, 0.2) is 0 Å². The molecule has 6 nitrogen and oxygen atoms in total. The van der Waals surface area contributed by atoms with Crippen LogP contribution in [0.25, 0.3) is 10.8 Å². The summed E-state index contributed by atoms with van der Waals surface area (Å²) in [5.74, 6) is 6.55. The van der Waals surface area contributed by atoms with E-state index in [1.54, 1.807) is 6.07 Å². The van der Waals surface area contributed by atoms with Gasteiger partial charge in [0.1, 0.15) is 11.6 Å². The molecule has 0 saturated heterocycles. The van der Waals surface area contributed by atoms with Gasteiger partial charge in [0, 0.05) is 17.1 Å². The van der Waals surface area contributed by atoms with Crippen LogP contribution in [0.2, 0.25) is 0 Å². The molecule has 0 aliphatic heterocycles. The van der Waals surface area contributed by atoms with E-state index in [2.05, 4.69) is 32.8 Å². The van der Waals surface area contributed by atoms with Crippen molar-refractivity contribution in [3.63, 3.8) is 0 Å². The molecule has 0 amide bonds. The van der Waals surface area contributed by atoms with E-state index in [1.165, 1.54) is 0 Å². The van der Waals surface area contributed by atoms with Crippen molar-refractivity contribution in [3.05, 3.63) is 48.5 Å². The van der Waals surface area contributed by atoms with Crippen molar-refractivity contribution >= 4 is 34.0 Å². The van der Waals surface area contributed by atoms with Gasteiger partial charge < -0.3 is 16.5 Å². The quantitative estimate of drug-likeness (QED) is 0.428. The summed E-state index contributed by atoms with van der Waals surface area (Å²) >= 11 is 0. The second-order valence-corrected chi connectivity index (χ2v) is 4.29. The van der Waals surface area contributed by atoms with Crippen molar-refractivity contribution in [2.45, 2.75) is 0 Å². The Morgan fingerprint density at radius 3 is 2.50 bits per heavy atom. The summed E-state index contributed by atoms with van der Waals surface area (Å²) < 4.78 is 0. The number of rotatable bonds is 3. The Kier molecular flexibility index (Phi) is 3.06. The van der Waals surface area contributed by atoms with Gasteiger partial charge in [-0.3, -0.25) is 0 Å². The third-order valence-electron chi connectivity index (χ3n) is 2.94. The lowest BCUT2D eigenvalue weighted by Crippen LogP contribution is -2.11. The van der Waals surface area contributed by atoms with E-state index >= 15 is 0 Å². The molecule has 0 bridgehead atoms. The number of anilines is 4. The standard InChI is InChI=1S/C14H14N6/c15-14-18-12(8-13(19-14)20-16)17-11-7-3-5-9-4-1-2-6-10(9)11/h1-8H,16H2,(H4,15,17,18,19,20). The first-order chi connectivity index (χ1) is 9.76. The topological polar surface area (TPSA) is 102 Å². The summed E-state index contributed by atoms with van der Waals surface area (Å²) in [6, 6.07) is 15.8. The number of benzene rings is 2. The van der Waals surface area contributed by atoms with Crippen molar-refractivity contribution < 1.29 is 0 Å². The lowest BCUT2D eigenvalue weighted by molar-refractivity contribution is 1.15. The largest absolute Gasteiger partial charge is 0.368 e. The van der Waals surface area contributed by atoms with Gasteiger partial charge in [-0.05, 0) is 11.5 Å². The van der Waals surface area contributed by atoms with Gasteiger partial charge in [-0.25, -0.2) is 5.84 Å². The smallest absolute Gasteiger partial charge is 0.223 e. The molecule has 0 saturated carbocycles. The highest BCUT2D eigenvalue weighted by atomic mass is 15.3. The van der Waals surface area contributed by atoms with Crippen LogP contribution in [-0.4, -0.2) is 9.97 Å². The molecule has 2 aromatic carbocycles. The maximum atomic E-state index is 5.64. The SMILES string of the molecule is NNc1cc(Nc2cccc3ccccc23)nc(N)n1. The second kappa shape index (κ2) is 5.02. The third-order valence-corrected chi connectivity index (χ3v) is 2.94. The Labute approximate surface area is 115 Å². The summed E-state index contributed by atoms with van der Waals surface area (Å²) in [4.78, 5) is 8.09. The zero-order chi connectivity index (χ0) is 13.9. The van der Waals surface area contributed by atoms with E-state index in [1.807, 2.05) is 30.3 Å². The summed E-state index contributed by atoms with van der Waals surface area (Å²) in [5, 5.41) is 5.49. The van der Waals surface area contributed by atoms with Crippen molar-refractivity contribution in [1.82, 2.24) is 9.97 Å². The van der Waals surface area contributed by atoms with Gasteiger partial charge in [-0.1, -0.05) is 36.4 Å². The molecule has 0 spiro atoms. The number of nitrogens with one attached hydrogen (secondary N) is 2. The minimum Gasteiger partial charge on any atom is -0.368 e. The van der Waals surface area contributed by atoms with Crippen LogP contribution in [0.15, 0.2) is 48.5 Å². The van der Waals surface area contributed by atoms with Crippen molar-refractivity contribution in [1.29, 1.82) is 0 Å². The van der Waals surface area contributed by atoms with Crippen LogP contribution in [0.4, 0.5) is 23.3 Å². The lowest BCUT2D eigenvalue weighted by Gasteiger charge is -2.10. The minimum absolute atomic E-state index is 0.156. The fourth-order valence-electron chi connectivity index (χ4n) is 2.08. The molecule has 3 aromatic rings. The minimum atomic E-state index is 0.156. The normalized spacial score (nSPS) is 10.4. The van der Waals surface area contributed by atoms with Gasteiger partial charge in [-0.2, -0.15) is 9.97 Å². The van der Waals surface area contributed by atoms with Crippen molar-refractivity contribution in [2.75, 3.05) is 16.5 Å². The van der Waals surface area contributed by atoms with Crippen LogP contribution in [0, 0.1) is 0 Å². The molecular weight excluding hydrogens is 252 g/mol. The Balaban J connectivity index is 2.03. The molecule has 0 fully saturated rings. The molecule has 1 heterocycles. The Hall–Kier alpha value is -2.86. The molecular formula is C14H14N6. The van der Waals surface area contributed by atoms with Crippen LogP contribution >= 0.6 is 0 Å². The average molecular weight is 266 g/mol. The number of hydrazine groups is 1. The van der Waals surface area contributed by atoms with Gasteiger partial charge in [0.2, 0.25) is 5.95 Å². The van der Waals surface area contributed by atoms with Crippen LogP contribution in [0.5, 0.6) is 0 Å². The first-order valence-electron chi connectivity index (χ1n) is 6.12. The third kappa shape index (κ3) is 2.32. The van der Waals surface area contributed by atoms with Gasteiger partial charge in [-0.15, -0.1) is 0 Å². The molecule has 0 unspecified atom stereocenters. The summed E-state index contributed by atoms with van der Waals surface area (Å²) in [5.41, 5.74) is 9.05. The van der Waals surface area contributed by atoms with Crippen LogP contribution < -0.4 is 22.3 Å². The zero-order valence-electron chi connectivity index (χ0n) is 10.7. The number of nitrogen functional groups attached to an aromatic ring is 2. The predicted molar refractivity (Wildman–Crippen MR) is 81.5 cm³/mol. The number of hydrogen-bond acceptors (Lipinski definition) is 6. The predicted octanol–water partition coefficient (Wildman–Crippen LogP) is 2.24. The fourth-order valence-corrected chi connectivity index (χ4v) is 2.08. The monoisotopic (exact) mass is 266 g/mol. The Morgan fingerprint density at radius 2 is 1.65 bits per heavy atom. The van der Waals surface area contributed by atoms with E-state index in [9.17, 15) is 0 Å². The maximum Gasteiger partial charge on any atom is 0.223 e. The van der Waals surface area contributed by atoms with Gasteiger partial charge in [0.05, 0.1) is 0 Å². The summed E-state index contributed by atoms with van der Waals surface area (Å²) in [6.07, 6.45) is 0. The molecule has 0 aliphatic carbocycles. The number of fused-ring (bicyclic) bond motifs is 1. The summed E-state index contributed by atoms with van der Waals surface area (Å²) in [6.45, 7) is 0. The molecule has 0 aliphatic rings. The van der Waals surface area contributed by atoms with E-state index in [4.69, 9.17) is 11.6 Å². The maximum absolute atomic E-state index is 5.64. The molecule has 6 N–H and O–H groups in total. The van der Waals surface area contributed by atoms with Gasteiger partial charge in [0.25, 0.3) is 0 Å². The highest BCUT2D eigenvalue weighted by Gasteiger charge is 2.04. The van der Waals surface area contributed by atoms with Crippen LogP contribution in [0.3, 0.4) is 0 Å². The van der Waals surface area contributed by atoms with Crippen LogP contribution in [0.1, 0.15) is 0 Å². The van der Waals surface area contributed by atoms with Crippen LogP contribution in [-0.2, 0) is 0 Å². The molecule has 100 valence electrons. The number of aromatic nitrogens is 2. The highest BCUT2D eigenvalue weighted by molar-refractivity contribution is 5.95. The van der Waals surface area contributed by atoms with Gasteiger partial charge >= 0.3 is 0 Å². The van der Waals surface area contributed by atoms with Crippen molar-refractivity contribution in [3.8, 4) is 0 Å². The average Bonchev–Trinajstić information content (AvgIpc) is 2.47. The zero-order valence-corrected chi connectivity index (χ0v) is 10.7. The van der Waals surface area contributed by atoms with E-state index in [-0.39, 0.29) is 5.95 Å². The highest BCUT2D eigenvalue weighted by Crippen LogP contribution is 2.26. The molecule has 3 rings (SSSR count). The molecule has 1 aromatic heterocycles. The molecule has 20 heavy (non-hydrogen) atoms. The molecule has 0 radical (unpaired) electrons. The number of hydrogen-bond donors (Lipinski definition) is 4. The number of nitrogens with zero attached hydrogens (tertiary/aromatic N) is 2. The van der Waals surface area contributed by atoms with Crippen molar-refractivity contribution in [2.24, 2.45) is 5.84 Å². The fraction of sp³-hybridized carbons (Fsp3) is 0. The Morgan fingerprint density at radius 1 is 0.900 bits per heavy atom. The number of nitrogens with two attached hydrogens (primary N) is 2. The van der Waals surface area contributed by atoms with E-state index < -0.39 is 0 Å². The molecule has 6 heteroatoms.